The van der Waals surface area contributed by atoms with Gasteiger partial charge in [0.15, 0.2) is 11.5 Å². The lowest BCUT2D eigenvalue weighted by Crippen LogP contribution is -2.31. The van der Waals surface area contributed by atoms with E-state index in [1.165, 1.54) is 0 Å². The summed E-state index contributed by atoms with van der Waals surface area (Å²) in [5.41, 5.74) is 3.32. The minimum absolute atomic E-state index is 0.384. The van der Waals surface area contributed by atoms with Crippen molar-refractivity contribution in [2.24, 2.45) is 0 Å². The number of hydrogen-bond acceptors (Lipinski definition) is 6. The number of methoxy groups -OCH3 is 3. The number of aryl methyl sites for hydroxylation is 3. The third kappa shape index (κ3) is 3.93. The standard InChI is InChI=1S/C21H27NO5S2/c1-13-9-14(2)20(15(3)10-13)29(23,24)22-7-8-28-21(22)16-11-18(26-5)19(27-6)12-17(16)25-4/h9-12,21H,7-8H2,1-6H3. The van der Waals surface area contributed by atoms with Crippen molar-refractivity contribution < 1.29 is 22.6 Å². The van der Waals surface area contributed by atoms with Crippen LogP contribution >= 0.6 is 11.8 Å². The average Bonchev–Trinajstić information content (AvgIpc) is 3.16. The summed E-state index contributed by atoms with van der Waals surface area (Å²) in [6, 6.07) is 7.36. The number of nitrogens with zero attached hydrogens (tertiary/aromatic N) is 1. The highest BCUT2D eigenvalue weighted by Gasteiger charge is 2.40. The third-order valence-electron chi connectivity index (χ3n) is 5.02. The molecule has 1 fully saturated rings. The van der Waals surface area contributed by atoms with Crippen molar-refractivity contribution in [3.63, 3.8) is 0 Å². The molecule has 0 aromatic heterocycles. The fraction of sp³-hybridized carbons (Fsp3) is 0.429. The predicted octanol–water partition coefficient (Wildman–Crippen LogP) is 4.07. The molecule has 1 unspecified atom stereocenters. The van der Waals surface area contributed by atoms with Gasteiger partial charge in [-0.25, -0.2) is 8.42 Å². The van der Waals surface area contributed by atoms with Gasteiger partial charge < -0.3 is 14.2 Å². The van der Waals surface area contributed by atoms with Crippen molar-refractivity contribution >= 4 is 21.8 Å². The number of rotatable bonds is 6. The normalized spacial score (nSPS) is 17.4. The average molecular weight is 438 g/mol. The molecule has 0 bridgehead atoms. The number of thioether (sulfide) groups is 1. The van der Waals surface area contributed by atoms with Crippen LogP contribution in [0.4, 0.5) is 0 Å². The summed E-state index contributed by atoms with van der Waals surface area (Å²) in [5, 5.41) is -0.408. The van der Waals surface area contributed by atoms with Crippen LogP contribution in [-0.2, 0) is 10.0 Å². The molecular weight excluding hydrogens is 410 g/mol. The molecular formula is C21H27NO5S2. The van der Waals surface area contributed by atoms with Gasteiger partial charge in [-0.2, -0.15) is 4.31 Å². The summed E-state index contributed by atoms with van der Waals surface area (Å²) >= 11 is 1.57. The number of benzene rings is 2. The first-order chi connectivity index (χ1) is 13.7. The first-order valence-electron chi connectivity index (χ1n) is 9.25. The van der Waals surface area contributed by atoms with E-state index < -0.39 is 15.4 Å². The molecule has 0 amide bonds. The Bertz CT molecular complexity index is 997. The first-order valence-corrected chi connectivity index (χ1v) is 11.7. The molecule has 1 heterocycles. The van der Waals surface area contributed by atoms with E-state index in [9.17, 15) is 8.42 Å². The topological polar surface area (TPSA) is 65.1 Å². The zero-order valence-corrected chi connectivity index (χ0v) is 19.2. The minimum atomic E-state index is -3.69. The van der Waals surface area contributed by atoms with E-state index in [1.807, 2.05) is 32.9 Å². The van der Waals surface area contributed by atoms with Crippen LogP contribution in [0.15, 0.2) is 29.2 Å². The number of hydrogen-bond donors (Lipinski definition) is 0. The van der Waals surface area contributed by atoms with Crippen molar-refractivity contribution in [3.05, 3.63) is 46.5 Å². The maximum absolute atomic E-state index is 13.7. The van der Waals surface area contributed by atoms with E-state index >= 15 is 0 Å². The molecule has 158 valence electrons. The fourth-order valence-electron chi connectivity index (χ4n) is 3.88. The largest absolute Gasteiger partial charge is 0.496 e. The molecule has 29 heavy (non-hydrogen) atoms. The zero-order valence-electron chi connectivity index (χ0n) is 17.6. The molecule has 6 nitrogen and oxygen atoms in total. The highest BCUT2D eigenvalue weighted by Crippen LogP contribution is 2.48. The molecule has 0 aliphatic carbocycles. The van der Waals surface area contributed by atoms with Crippen LogP contribution in [0.1, 0.15) is 27.6 Å². The van der Waals surface area contributed by atoms with Gasteiger partial charge in [-0.1, -0.05) is 17.7 Å². The SMILES string of the molecule is COc1cc(OC)c(C2SCCN2S(=O)(=O)c2c(C)cc(C)cc2C)cc1OC. The van der Waals surface area contributed by atoms with Gasteiger partial charge in [-0.15, -0.1) is 11.8 Å². The molecule has 0 spiro atoms. The van der Waals surface area contributed by atoms with Crippen molar-refractivity contribution in [1.82, 2.24) is 4.31 Å². The lowest BCUT2D eigenvalue weighted by Gasteiger charge is -2.27. The number of ether oxygens (including phenoxy) is 3. The monoisotopic (exact) mass is 437 g/mol. The Morgan fingerprint density at radius 1 is 0.897 bits per heavy atom. The van der Waals surface area contributed by atoms with Crippen molar-refractivity contribution in [2.75, 3.05) is 33.6 Å². The van der Waals surface area contributed by atoms with E-state index in [2.05, 4.69) is 0 Å². The van der Waals surface area contributed by atoms with Gasteiger partial charge in [0.25, 0.3) is 0 Å². The van der Waals surface area contributed by atoms with Crippen LogP contribution < -0.4 is 14.2 Å². The van der Waals surface area contributed by atoms with E-state index in [0.717, 1.165) is 22.3 Å². The minimum Gasteiger partial charge on any atom is -0.496 e. The first kappa shape index (κ1) is 21.8. The smallest absolute Gasteiger partial charge is 0.244 e. The lowest BCUT2D eigenvalue weighted by molar-refractivity contribution is 0.344. The third-order valence-corrected chi connectivity index (χ3v) is 8.57. The summed E-state index contributed by atoms with van der Waals surface area (Å²) in [5.74, 6) is 2.34. The zero-order chi connectivity index (χ0) is 21.3. The second-order valence-electron chi connectivity index (χ2n) is 7.02. The molecule has 1 saturated heterocycles. The summed E-state index contributed by atoms with van der Waals surface area (Å²) in [6.07, 6.45) is 0. The Balaban J connectivity index is 2.12. The predicted molar refractivity (Wildman–Crippen MR) is 116 cm³/mol. The number of sulfonamides is 1. The molecule has 2 aromatic rings. The van der Waals surface area contributed by atoms with Crippen LogP contribution in [-0.4, -0.2) is 46.4 Å². The summed E-state index contributed by atoms with van der Waals surface area (Å²) in [6.45, 7) is 6.10. The Morgan fingerprint density at radius 2 is 1.45 bits per heavy atom. The lowest BCUT2D eigenvalue weighted by atomic mass is 10.1. The van der Waals surface area contributed by atoms with Gasteiger partial charge in [0.1, 0.15) is 5.75 Å². The molecule has 0 N–H and O–H groups in total. The fourth-order valence-corrected chi connectivity index (χ4v) is 7.54. The molecule has 1 atom stereocenters. The molecule has 2 aromatic carbocycles. The summed E-state index contributed by atoms with van der Waals surface area (Å²) in [7, 11) is 0.993. The van der Waals surface area contributed by atoms with E-state index in [-0.39, 0.29) is 0 Å². The maximum atomic E-state index is 13.7. The van der Waals surface area contributed by atoms with Gasteiger partial charge in [0.2, 0.25) is 10.0 Å². The summed E-state index contributed by atoms with van der Waals surface area (Å²) < 4.78 is 45.2. The second kappa shape index (κ2) is 8.45. The summed E-state index contributed by atoms with van der Waals surface area (Å²) in [4.78, 5) is 0.384. The van der Waals surface area contributed by atoms with Crippen LogP contribution in [0.5, 0.6) is 17.2 Å². The Morgan fingerprint density at radius 3 is 2.00 bits per heavy atom. The van der Waals surface area contributed by atoms with E-state index in [1.54, 1.807) is 49.5 Å². The molecule has 3 rings (SSSR count). The van der Waals surface area contributed by atoms with Gasteiger partial charge in [0.05, 0.1) is 31.6 Å². The Hall–Kier alpha value is -1.90. The van der Waals surface area contributed by atoms with E-state index in [4.69, 9.17) is 14.2 Å². The molecule has 8 heteroatoms. The highest BCUT2D eigenvalue weighted by molar-refractivity contribution is 8.01. The van der Waals surface area contributed by atoms with Crippen molar-refractivity contribution in [2.45, 2.75) is 31.0 Å². The van der Waals surface area contributed by atoms with Crippen LogP contribution in [0.2, 0.25) is 0 Å². The molecule has 0 saturated carbocycles. The van der Waals surface area contributed by atoms with Crippen LogP contribution in [0.25, 0.3) is 0 Å². The maximum Gasteiger partial charge on any atom is 0.244 e. The van der Waals surface area contributed by atoms with Gasteiger partial charge in [-0.05, 0) is 38.0 Å². The molecule has 1 aliphatic heterocycles. The Labute approximate surface area is 177 Å². The Kier molecular flexibility index (Phi) is 6.36. The van der Waals surface area contributed by atoms with E-state index in [0.29, 0.717) is 34.4 Å². The second-order valence-corrected chi connectivity index (χ2v) is 10.0. The van der Waals surface area contributed by atoms with Crippen molar-refractivity contribution in [3.8, 4) is 17.2 Å². The highest BCUT2D eigenvalue weighted by atomic mass is 32.2. The molecule has 1 aliphatic rings. The van der Waals surface area contributed by atoms with Gasteiger partial charge in [0, 0.05) is 23.9 Å². The van der Waals surface area contributed by atoms with Gasteiger partial charge >= 0.3 is 0 Å². The van der Waals surface area contributed by atoms with Crippen LogP contribution in [0, 0.1) is 20.8 Å². The van der Waals surface area contributed by atoms with Crippen LogP contribution in [0.3, 0.4) is 0 Å². The molecule has 0 radical (unpaired) electrons. The quantitative estimate of drug-likeness (QED) is 0.679. The van der Waals surface area contributed by atoms with Crippen molar-refractivity contribution in [1.29, 1.82) is 0 Å². The van der Waals surface area contributed by atoms with Gasteiger partial charge in [-0.3, -0.25) is 0 Å².